The van der Waals surface area contributed by atoms with Crippen LogP contribution in [0.15, 0.2) is 30.9 Å². The highest BCUT2D eigenvalue weighted by Gasteiger charge is 2.31. The standard InChI is InChI=1S/C12H12ClF3N2O/c1-2-3-10(17)11(19)18-9-5-7(12(14,15)16)4-8(13)6-9/h2,4-6,10H,1,3,17H2,(H,18,19). The molecule has 7 heteroatoms. The first-order chi connectivity index (χ1) is 8.74. The Balaban J connectivity index is 2.93. The Hall–Kier alpha value is -1.53. The van der Waals surface area contributed by atoms with E-state index in [4.69, 9.17) is 17.3 Å². The van der Waals surface area contributed by atoms with Gasteiger partial charge < -0.3 is 11.1 Å². The van der Waals surface area contributed by atoms with E-state index in [9.17, 15) is 18.0 Å². The van der Waals surface area contributed by atoms with Gasteiger partial charge in [0.1, 0.15) is 0 Å². The predicted octanol–water partition coefficient (Wildman–Crippen LogP) is 3.20. The van der Waals surface area contributed by atoms with Crippen molar-refractivity contribution in [3.63, 3.8) is 0 Å². The number of nitrogens with two attached hydrogens (primary N) is 1. The molecule has 0 aliphatic carbocycles. The average molecular weight is 293 g/mol. The molecule has 0 heterocycles. The molecule has 3 nitrogen and oxygen atoms in total. The van der Waals surface area contributed by atoms with Crippen molar-refractivity contribution in [1.29, 1.82) is 0 Å². The average Bonchev–Trinajstić information content (AvgIpc) is 2.27. The molecule has 3 N–H and O–H groups in total. The lowest BCUT2D eigenvalue weighted by Gasteiger charge is -2.13. The highest BCUT2D eigenvalue weighted by Crippen LogP contribution is 2.33. The van der Waals surface area contributed by atoms with Gasteiger partial charge in [0, 0.05) is 10.7 Å². The van der Waals surface area contributed by atoms with E-state index in [0.29, 0.717) is 0 Å². The van der Waals surface area contributed by atoms with E-state index < -0.39 is 23.7 Å². The number of carbonyl (C=O) groups excluding carboxylic acids is 1. The molecule has 104 valence electrons. The van der Waals surface area contributed by atoms with E-state index in [1.54, 1.807) is 0 Å². The maximum Gasteiger partial charge on any atom is 0.416 e. The molecule has 0 radical (unpaired) electrons. The van der Waals surface area contributed by atoms with Gasteiger partial charge in [0.05, 0.1) is 11.6 Å². The van der Waals surface area contributed by atoms with Gasteiger partial charge in [0.2, 0.25) is 5.91 Å². The third kappa shape index (κ3) is 4.57. The molecular weight excluding hydrogens is 281 g/mol. The van der Waals surface area contributed by atoms with Crippen molar-refractivity contribution in [3.8, 4) is 0 Å². The molecule has 1 rings (SSSR count). The second-order valence-corrected chi connectivity index (χ2v) is 4.28. The van der Waals surface area contributed by atoms with Crippen LogP contribution in [-0.2, 0) is 11.0 Å². The minimum atomic E-state index is -4.53. The van der Waals surface area contributed by atoms with Gasteiger partial charge in [-0.2, -0.15) is 13.2 Å². The lowest BCUT2D eigenvalue weighted by Crippen LogP contribution is -2.35. The van der Waals surface area contributed by atoms with E-state index in [0.717, 1.165) is 12.1 Å². The number of benzene rings is 1. The molecule has 0 bridgehead atoms. The summed E-state index contributed by atoms with van der Waals surface area (Å²) in [5.74, 6) is -0.602. The van der Waals surface area contributed by atoms with Crippen molar-refractivity contribution in [3.05, 3.63) is 41.4 Å². The summed E-state index contributed by atoms with van der Waals surface area (Å²) in [5.41, 5.74) is 4.51. The molecule has 1 amide bonds. The number of nitrogens with one attached hydrogen (secondary N) is 1. The van der Waals surface area contributed by atoms with Crippen molar-refractivity contribution in [1.82, 2.24) is 0 Å². The highest BCUT2D eigenvalue weighted by molar-refractivity contribution is 6.31. The summed E-state index contributed by atoms with van der Waals surface area (Å²) < 4.78 is 37.7. The maximum atomic E-state index is 12.6. The third-order valence-electron chi connectivity index (χ3n) is 2.25. The first-order valence-corrected chi connectivity index (χ1v) is 5.67. The molecule has 0 aromatic heterocycles. The first kappa shape index (κ1) is 15.5. The van der Waals surface area contributed by atoms with Crippen LogP contribution in [0.25, 0.3) is 0 Å². The number of halogens is 4. The molecule has 1 aromatic carbocycles. The molecule has 0 spiro atoms. The lowest BCUT2D eigenvalue weighted by molar-refractivity contribution is -0.137. The van der Waals surface area contributed by atoms with Crippen LogP contribution >= 0.6 is 11.6 Å². The molecule has 0 saturated carbocycles. The summed E-state index contributed by atoms with van der Waals surface area (Å²) in [7, 11) is 0. The van der Waals surface area contributed by atoms with Gasteiger partial charge in [-0.15, -0.1) is 6.58 Å². The van der Waals surface area contributed by atoms with Crippen molar-refractivity contribution >= 4 is 23.2 Å². The summed E-state index contributed by atoms with van der Waals surface area (Å²) in [6.45, 7) is 3.42. The summed E-state index contributed by atoms with van der Waals surface area (Å²) >= 11 is 5.58. The van der Waals surface area contributed by atoms with Crippen molar-refractivity contribution in [2.24, 2.45) is 5.73 Å². The second-order valence-electron chi connectivity index (χ2n) is 3.85. The minimum Gasteiger partial charge on any atom is -0.325 e. The van der Waals surface area contributed by atoms with E-state index >= 15 is 0 Å². The van der Waals surface area contributed by atoms with Crippen LogP contribution in [0.2, 0.25) is 5.02 Å². The number of carbonyl (C=O) groups is 1. The number of hydrogen-bond acceptors (Lipinski definition) is 2. The summed E-state index contributed by atoms with van der Waals surface area (Å²) in [6.07, 6.45) is -2.87. The molecule has 0 aliphatic heterocycles. The zero-order valence-electron chi connectivity index (χ0n) is 9.80. The van der Waals surface area contributed by atoms with Crippen molar-refractivity contribution in [2.45, 2.75) is 18.6 Å². The number of hydrogen-bond donors (Lipinski definition) is 2. The van der Waals surface area contributed by atoms with Crippen LogP contribution in [0.5, 0.6) is 0 Å². The number of alkyl halides is 3. The molecule has 0 saturated heterocycles. The fourth-order valence-corrected chi connectivity index (χ4v) is 1.58. The number of amides is 1. The molecule has 0 aliphatic rings. The Labute approximate surface area is 113 Å². The minimum absolute atomic E-state index is 0.0515. The van der Waals surface area contributed by atoms with Crippen LogP contribution in [0, 0.1) is 0 Å². The smallest absolute Gasteiger partial charge is 0.325 e. The van der Waals surface area contributed by atoms with E-state index in [2.05, 4.69) is 11.9 Å². The molecule has 1 aromatic rings. The summed E-state index contributed by atoms with van der Waals surface area (Å²) in [4.78, 5) is 11.6. The fourth-order valence-electron chi connectivity index (χ4n) is 1.35. The van der Waals surface area contributed by atoms with Gasteiger partial charge in [-0.1, -0.05) is 17.7 Å². The third-order valence-corrected chi connectivity index (χ3v) is 2.47. The first-order valence-electron chi connectivity index (χ1n) is 5.29. The number of anilines is 1. The largest absolute Gasteiger partial charge is 0.416 e. The van der Waals surface area contributed by atoms with Crippen LogP contribution in [-0.4, -0.2) is 11.9 Å². The maximum absolute atomic E-state index is 12.6. The second kappa shape index (κ2) is 6.08. The SMILES string of the molecule is C=CCC(N)C(=O)Nc1cc(Cl)cc(C(F)(F)F)c1. The van der Waals surface area contributed by atoms with Crippen molar-refractivity contribution < 1.29 is 18.0 Å². The predicted molar refractivity (Wildman–Crippen MR) is 67.9 cm³/mol. The Morgan fingerprint density at radius 2 is 2.11 bits per heavy atom. The van der Waals surface area contributed by atoms with Crippen LogP contribution in [0.4, 0.5) is 18.9 Å². The molecule has 19 heavy (non-hydrogen) atoms. The fraction of sp³-hybridized carbons (Fsp3) is 0.250. The summed E-state index contributed by atoms with van der Waals surface area (Å²) in [5, 5.41) is 2.16. The molecular formula is C12H12ClF3N2O. The zero-order valence-corrected chi connectivity index (χ0v) is 10.6. The molecule has 1 atom stereocenters. The van der Waals surface area contributed by atoms with Gasteiger partial charge in [0.15, 0.2) is 0 Å². The lowest BCUT2D eigenvalue weighted by atomic mass is 10.1. The van der Waals surface area contributed by atoms with E-state index in [-0.39, 0.29) is 17.1 Å². The van der Waals surface area contributed by atoms with Crippen LogP contribution in [0.3, 0.4) is 0 Å². The van der Waals surface area contributed by atoms with Crippen LogP contribution in [0.1, 0.15) is 12.0 Å². The highest BCUT2D eigenvalue weighted by atomic mass is 35.5. The van der Waals surface area contributed by atoms with E-state index in [1.165, 1.54) is 12.1 Å². The number of rotatable bonds is 4. The van der Waals surface area contributed by atoms with Crippen LogP contribution < -0.4 is 11.1 Å². The Kier molecular flexibility index (Phi) is 4.97. The quantitative estimate of drug-likeness (QED) is 0.837. The van der Waals surface area contributed by atoms with Gasteiger partial charge in [-0.3, -0.25) is 4.79 Å². The Bertz CT molecular complexity index is 488. The Morgan fingerprint density at radius 1 is 1.47 bits per heavy atom. The Morgan fingerprint density at radius 3 is 2.63 bits per heavy atom. The van der Waals surface area contributed by atoms with Crippen molar-refractivity contribution in [2.75, 3.05) is 5.32 Å². The van der Waals surface area contributed by atoms with Gasteiger partial charge in [-0.25, -0.2) is 0 Å². The topological polar surface area (TPSA) is 55.1 Å². The summed E-state index contributed by atoms with van der Waals surface area (Å²) in [6, 6.07) is 1.92. The van der Waals surface area contributed by atoms with Gasteiger partial charge >= 0.3 is 6.18 Å². The van der Waals surface area contributed by atoms with Gasteiger partial charge in [-0.05, 0) is 24.6 Å². The van der Waals surface area contributed by atoms with E-state index in [1.807, 2.05) is 0 Å². The molecule has 1 unspecified atom stereocenters. The zero-order chi connectivity index (χ0) is 14.6. The normalized spacial score (nSPS) is 12.9. The monoisotopic (exact) mass is 292 g/mol. The van der Waals surface area contributed by atoms with Gasteiger partial charge in [0.25, 0.3) is 0 Å². The molecule has 0 fully saturated rings.